The highest BCUT2D eigenvalue weighted by molar-refractivity contribution is 7.98. The number of carbonyl (C=O) groups excluding carboxylic acids is 1. The fourth-order valence-electron chi connectivity index (χ4n) is 1.47. The smallest absolute Gasteiger partial charge is 0.159 e. The van der Waals surface area contributed by atoms with E-state index in [9.17, 15) is 4.79 Å². The van der Waals surface area contributed by atoms with Crippen LogP contribution in [-0.2, 0) is 5.75 Å². The molecular weight excluding hydrogens is 234 g/mol. The Labute approximate surface area is 107 Å². The number of hydrogen-bond acceptors (Lipinski definition) is 4. The first-order valence-corrected chi connectivity index (χ1v) is 6.71. The van der Waals surface area contributed by atoms with Crippen LogP contribution in [-0.4, -0.2) is 24.7 Å². The molecule has 3 nitrogen and oxygen atoms in total. The zero-order valence-electron chi connectivity index (χ0n) is 10.5. The van der Waals surface area contributed by atoms with E-state index in [-0.39, 0.29) is 11.8 Å². The molecule has 1 aromatic carbocycles. The number of nitrogens with two attached hydrogens (primary N) is 1. The van der Waals surface area contributed by atoms with Crippen LogP contribution in [0, 0.1) is 0 Å². The third-order valence-corrected chi connectivity index (χ3v) is 3.60. The highest BCUT2D eigenvalue weighted by Crippen LogP contribution is 2.25. The van der Waals surface area contributed by atoms with Crippen molar-refractivity contribution in [3.8, 4) is 5.75 Å². The number of ether oxygens (including phenoxy) is 1. The van der Waals surface area contributed by atoms with Gasteiger partial charge in [-0.15, -0.1) is 0 Å². The highest BCUT2D eigenvalue weighted by Gasteiger charge is 2.07. The minimum atomic E-state index is 0.0751. The van der Waals surface area contributed by atoms with Crippen molar-refractivity contribution in [3.63, 3.8) is 0 Å². The van der Waals surface area contributed by atoms with Gasteiger partial charge in [0.2, 0.25) is 0 Å². The summed E-state index contributed by atoms with van der Waals surface area (Å²) in [5.74, 6) is 2.61. The third kappa shape index (κ3) is 4.40. The normalized spacial score (nSPS) is 12.2. The molecule has 0 saturated carbocycles. The van der Waals surface area contributed by atoms with E-state index in [0.717, 1.165) is 28.4 Å². The molecule has 0 aliphatic heterocycles. The monoisotopic (exact) mass is 253 g/mol. The molecule has 0 aliphatic carbocycles. The van der Waals surface area contributed by atoms with Gasteiger partial charge in [0.15, 0.2) is 5.78 Å². The molecule has 0 aromatic heterocycles. The van der Waals surface area contributed by atoms with Gasteiger partial charge in [-0.05, 0) is 32.0 Å². The van der Waals surface area contributed by atoms with E-state index in [1.165, 1.54) is 0 Å². The molecule has 94 valence electrons. The Balaban J connectivity index is 2.79. The van der Waals surface area contributed by atoms with E-state index < -0.39 is 0 Å². The third-order valence-electron chi connectivity index (χ3n) is 2.33. The van der Waals surface area contributed by atoms with Crippen LogP contribution in [0.2, 0.25) is 0 Å². The van der Waals surface area contributed by atoms with Gasteiger partial charge < -0.3 is 10.5 Å². The summed E-state index contributed by atoms with van der Waals surface area (Å²) < 4.78 is 5.28. The Kier molecular flexibility index (Phi) is 5.51. The Hall–Kier alpha value is -1.00. The minimum Gasteiger partial charge on any atom is -0.496 e. The first-order chi connectivity index (χ1) is 8.04. The lowest BCUT2D eigenvalue weighted by molar-refractivity contribution is 0.101. The summed E-state index contributed by atoms with van der Waals surface area (Å²) in [6, 6.07) is 5.72. The number of ketones is 1. The number of rotatable bonds is 6. The molecule has 0 radical (unpaired) electrons. The van der Waals surface area contributed by atoms with Gasteiger partial charge in [0.1, 0.15) is 5.75 Å². The van der Waals surface area contributed by atoms with Gasteiger partial charge in [-0.2, -0.15) is 11.8 Å². The van der Waals surface area contributed by atoms with Gasteiger partial charge in [-0.3, -0.25) is 4.79 Å². The standard InChI is InChI=1S/C13H19NO2S/c1-9(14)7-17-8-12-6-11(10(2)15)4-5-13(12)16-3/h4-6,9H,7-8,14H2,1-3H3. The molecule has 1 aromatic rings. The van der Waals surface area contributed by atoms with Crippen LogP contribution in [0.5, 0.6) is 5.75 Å². The number of hydrogen-bond donors (Lipinski definition) is 1. The second-order valence-electron chi connectivity index (χ2n) is 4.08. The maximum atomic E-state index is 11.3. The quantitative estimate of drug-likeness (QED) is 0.791. The Morgan fingerprint density at radius 2 is 2.24 bits per heavy atom. The number of benzene rings is 1. The van der Waals surface area contributed by atoms with Crippen molar-refractivity contribution in [2.45, 2.75) is 25.6 Å². The van der Waals surface area contributed by atoms with Crippen LogP contribution in [0.25, 0.3) is 0 Å². The molecule has 17 heavy (non-hydrogen) atoms. The molecule has 2 N–H and O–H groups in total. The Bertz CT molecular complexity index is 391. The van der Waals surface area contributed by atoms with E-state index in [2.05, 4.69) is 0 Å². The van der Waals surface area contributed by atoms with Gasteiger partial charge >= 0.3 is 0 Å². The lowest BCUT2D eigenvalue weighted by Crippen LogP contribution is -2.17. The Morgan fingerprint density at radius 3 is 2.76 bits per heavy atom. The molecule has 0 aliphatic rings. The zero-order chi connectivity index (χ0) is 12.8. The van der Waals surface area contributed by atoms with Crippen molar-refractivity contribution in [2.24, 2.45) is 5.73 Å². The molecule has 0 amide bonds. The molecular formula is C13H19NO2S. The summed E-state index contributed by atoms with van der Waals surface area (Å²) in [4.78, 5) is 11.3. The van der Waals surface area contributed by atoms with Gasteiger partial charge in [0.25, 0.3) is 0 Å². The molecule has 0 heterocycles. The van der Waals surface area contributed by atoms with Crippen molar-refractivity contribution in [1.82, 2.24) is 0 Å². The first-order valence-electron chi connectivity index (χ1n) is 5.55. The number of methoxy groups -OCH3 is 1. The fraction of sp³-hybridized carbons (Fsp3) is 0.462. The average Bonchev–Trinajstić information content (AvgIpc) is 2.28. The van der Waals surface area contributed by atoms with Gasteiger partial charge in [0, 0.05) is 28.7 Å². The van der Waals surface area contributed by atoms with E-state index >= 15 is 0 Å². The van der Waals surface area contributed by atoms with E-state index in [1.54, 1.807) is 31.9 Å². The number of thioether (sulfide) groups is 1. The molecule has 0 saturated heterocycles. The SMILES string of the molecule is COc1ccc(C(C)=O)cc1CSCC(C)N. The summed E-state index contributed by atoms with van der Waals surface area (Å²) in [5, 5.41) is 0. The van der Waals surface area contributed by atoms with Gasteiger partial charge in [0.05, 0.1) is 7.11 Å². The lowest BCUT2D eigenvalue weighted by Gasteiger charge is -2.10. The second kappa shape index (κ2) is 6.67. The van der Waals surface area contributed by atoms with Crippen molar-refractivity contribution in [2.75, 3.05) is 12.9 Å². The van der Waals surface area contributed by atoms with Crippen LogP contribution in [0.1, 0.15) is 29.8 Å². The predicted octanol–water partition coefficient (Wildman–Crippen LogP) is 2.48. The van der Waals surface area contributed by atoms with E-state index in [1.807, 2.05) is 19.1 Å². The van der Waals surface area contributed by atoms with Crippen molar-refractivity contribution < 1.29 is 9.53 Å². The summed E-state index contributed by atoms with van der Waals surface area (Å²) in [5.41, 5.74) is 7.47. The topological polar surface area (TPSA) is 52.3 Å². The maximum absolute atomic E-state index is 11.3. The molecule has 0 fully saturated rings. The number of Topliss-reactive ketones (excluding diaryl/α,β-unsaturated/α-hetero) is 1. The molecule has 1 atom stereocenters. The number of carbonyl (C=O) groups is 1. The summed E-state index contributed by atoms with van der Waals surface area (Å²) >= 11 is 1.75. The van der Waals surface area contributed by atoms with Crippen molar-refractivity contribution >= 4 is 17.5 Å². The van der Waals surface area contributed by atoms with E-state index in [4.69, 9.17) is 10.5 Å². The van der Waals surface area contributed by atoms with Crippen LogP contribution >= 0.6 is 11.8 Å². The van der Waals surface area contributed by atoms with Gasteiger partial charge in [-0.1, -0.05) is 0 Å². The molecule has 0 spiro atoms. The Morgan fingerprint density at radius 1 is 1.53 bits per heavy atom. The van der Waals surface area contributed by atoms with Gasteiger partial charge in [-0.25, -0.2) is 0 Å². The van der Waals surface area contributed by atoms with E-state index in [0.29, 0.717) is 0 Å². The predicted molar refractivity (Wildman–Crippen MR) is 72.8 cm³/mol. The first kappa shape index (κ1) is 14.1. The van der Waals surface area contributed by atoms with Crippen LogP contribution in [0.4, 0.5) is 0 Å². The highest BCUT2D eigenvalue weighted by atomic mass is 32.2. The van der Waals surface area contributed by atoms with Crippen LogP contribution in [0.15, 0.2) is 18.2 Å². The summed E-state index contributed by atoms with van der Waals surface area (Å²) in [7, 11) is 1.64. The average molecular weight is 253 g/mol. The van der Waals surface area contributed by atoms with Crippen LogP contribution < -0.4 is 10.5 Å². The summed E-state index contributed by atoms with van der Waals surface area (Å²) in [6.07, 6.45) is 0. The minimum absolute atomic E-state index is 0.0751. The maximum Gasteiger partial charge on any atom is 0.159 e. The zero-order valence-corrected chi connectivity index (χ0v) is 11.3. The molecule has 0 bridgehead atoms. The second-order valence-corrected chi connectivity index (χ2v) is 5.11. The molecule has 1 unspecified atom stereocenters. The fourth-order valence-corrected chi connectivity index (χ4v) is 2.40. The molecule has 4 heteroatoms. The van der Waals surface area contributed by atoms with Crippen LogP contribution in [0.3, 0.4) is 0 Å². The van der Waals surface area contributed by atoms with Crippen molar-refractivity contribution in [1.29, 1.82) is 0 Å². The van der Waals surface area contributed by atoms with Crippen molar-refractivity contribution in [3.05, 3.63) is 29.3 Å². The molecule has 1 rings (SSSR count). The summed E-state index contributed by atoms with van der Waals surface area (Å²) in [6.45, 7) is 3.55. The lowest BCUT2D eigenvalue weighted by atomic mass is 10.1. The largest absolute Gasteiger partial charge is 0.496 e.